The zero-order chi connectivity index (χ0) is 18.6. The van der Waals surface area contributed by atoms with E-state index in [1.165, 1.54) is 18.2 Å². The largest absolute Gasteiger partial charge is 0.322 e. The van der Waals surface area contributed by atoms with Crippen molar-refractivity contribution < 1.29 is 22.0 Å². The van der Waals surface area contributed by atoms with Crippen LogP contribution in [0.3, 0.4) is 0 Å². The third kappa shape index (κ3) is 4.49. The number of nitrogens with one attached hydrogen (secondary N) is 2. The quantitative estimate of drug-likeness (QED) is 0.772. The molecule has 0 atom stereocenters. The molecule has 2 rings (SSSR count). The molecule has 8 heteroatoms. The Morgan fingerprint density at radius 1 is 1.16 bits per heavy atom. The minimum atomic E-state index is -4.13. The van der Waals surface area contributed by atoms with Crippen molar-refractivity contribution in [3.05, 3.63) is 71.8 Å². The van der Waals surface area contributed by atoms with Gasteiger partial charge in [0.15, 0.2) is 0 Å². The lowest BCUT2D eigenvalue weighted by Crippen LogP contribution is -2.25. The van der Waals surface area contributed by atoms with E-state index in [1.807, 2.05) is 0 Å². The van der Waals surface area contributed by atoms with Crippen LogP contribution in [0.1, 0.15) is 15.9 Å². The highest BCUT2D eigenvalue weighted by Crippen LogP contribution is 2.19. The van der Waals surface area contributed by atoms with Crippen molar-refractivity contribution in [2.24, 2.45) is 0 Å². The molecule has 0 aliphatic heterocycles. The molecule has 0 unspecified atom stereocenters. The molecule has 0 saturated heterocycles. The third-order valence-corrected chi connectivity index (χ3v) is 4.77. The molecule has 5 nitrogen and oxygen atoms in total. The van der Waals surface area contributed by atoms with E-state index in [4.69, 9.17) is 0 Å². The smallest absolute Gasteiger partial charge is 0.255 e. The Morgan fingerprint density at radius 3 is 2.52 bits per heavy atom. The van der Waals surface area contributed by atoms with Crippen molar-refractivity contribution >= 4 is 21.6 Å². The Balaban J connectivity index is 2.30. The topological polar surface area (TPSA) is 75.3 Å². The van der Waals surface area contributed by atoms with Crippen LogP contribution in [-0.4, -0.2) is 20.9 Å². The van der Waals surface area contributed by atoms with Crippen molar-refractivity contribution in [1.82, 2.24) is 4.72 Å². The fourth-order valence-corrected chi connectivity index (χ4v) is 3.07. The van der Waals surface area contributed by atoms with Gasteiger partial charge in [-0.05, 0) is 42.8 Å². The second kappa shape index (κ2) is 7.54. The van der Waals surface area contributed by atoms with Gasteiger partial charge in [0.2, 0.25) is 10.0 Å². The minimum absolute atomic E-state index is 0.0821. The molecular formula is C17H16F2N2O3S. The fourth-order valence-electron chi connectivity index (χ4n) is 1.97. The molecule has 0 saturated carbocycles. The molecule has 25 heavy (non-hydrogen) atoms. The number of benzene rings is 2. The lowest BCUT2D eigenvalue weighted by molar-refractivity contribution is 0.102. The summed E-state index contributed by atoms with van der Waals surface area (Å²) in [5.74, 6) is -2.17. The maximum atomic E-state index is 13.9. The van der Waals surface area contributed by atoms with E-state index in [0.717, 1.165) is 24.3 Å². The predicted molar refractivity (Wildman–Crippen MR) is 90.9 cm³/mol. The highest BCUT2D eigenvalue weighted by Gasteiger charge is 2.20. The molecule has 0 heterocycles. The number of sulfonamides is 1. The van der Waals surface area contributed by atoms with Crippen LogP contribution in [0.4, 0.5) is 14.5 Å². The standard InChI is InChI=1S/C17H16F2N2O3S/c1-3-8-20-25(23,24)16-9-12(5-7-14(16)18)17(22)21-13-6-4-11(2)15(19)10-13/h3-7,9-10,20H,1,8H2,2H3,(H,21,22). The Labute approximate surface area is 144 Å². The molecule has 2 N–H and O–H groups in total. The van der Waals surface area contributed by atoms with E-state index in [1.54, 1.807) is 6.92 Å². The number of hydrogen-bond donors (Lipinski definition) is 2. The summed E-state index contributed by atoms with van der Waals surface area (Å²) in [6.45, 7) is 4.87. The lowest BCUT2D eigenvalue weighted by atomic mass is 10.2. The molecule has 0 aliphatic rings. The monoisotopic (exact) mass is 366 g/mol. The summed E-state index contributed by atoms with van der Waals surface area (Å²) in [5, 5.41) is 2.43. The highest BCUT2D eigenvalue weighted by atomic mass is 32.2. The van der Waals surface area contributed by atoms with Gasteiger partial charge in [0.05, 0.1) is 0 Å². The Bertz CT molecular complexity index is 927. The van der Waals surface area contributed by atoms with Crippen LogP contribution < -0.4 is 10.0 Å². The fraction of sp³-hybridized carbons (Fsp3) is 0.118. The second-order valence-corrected chi connectivity index (χ2v) is 6.94. The summed E-state index contributed by atoms with van der Waals surface area (Å²) in [7, 11) is -4.13. The summed E-state index contributed by atoms with van der Waals surface area (Å²) in [4.78, 5) is 11.6. The lowest BCUT2D eigenvalue weighted by Gasteiger charge is -2.10. The Morgan fingerprint density at radius 2 is 1.88 bits per heavy atom. The van der Waals surface area contributed by atoms with E-state index < -0.39 is 32.5 Å². The summed E-state index contributed by atoms with van der Waals surface area (Å²) in [6, 6.07) is 7.07. The molecule has 132 valence electrons. The summed E-state index contributed by atoms with van der Waals surface area (Å²) in [5.41, 5.74) is 0.537. The van der Waals surface area contributed by atoms with Gasteiger partial charge in [-0.25, -0.2) is 21.9 Å². The second-order valence-electron chi connectivity index (χ2n) is 5.20. The Hall–Kier alpha value is -2.58. The zero-order valence-corrected chi connectivity index (χ0v) is 14.2. The molecule has 0 spiro atoms. The van der Waals surface area contributed by atoms with E-state index in [2.05, 4.69) is 16.6 Å². The number of carbonyl (C=O) groups is 1. The highest BCUT2D eigenvalue weighted by molar-refractivity contribution is 7.89. The average Bonchev–Trinajstić information content (AvgIpc) is 2.56. The van der Waals surface area contributed by atoms with Gasteiger partial charge in [-0.2, -0.15) is 0 Å². The van der Waals surface area contributed by atoms with Crippen molar-refractivity contribution in [3.8, 4) is 0 Å². The van der Waals surface area contributed by atoms with Gasteiger partial charge in [-0.1, -0.05) is 12.1 Å². The molecule has 0 radical (unpaired) electrons. The van der Waals surface area contributed by atoms with Gasteiger partial charge < -0.3 is 5.32 Å². The van der Waals surface area contributed by atoms with Crippen LogP contribution >= 0.6 is 0 Å². The van der Waals surface area contributed by atoms with Gasteiger partial charge in [-0.3, -0.25) is 4.79 Å². The number of rotatable bonds is 6. The molecular weight excluding hydrogens is 350 g/mol. The number of aryl methyl sites for hydroxylation is 1. The normalized spacial score (nSPS) is 11.2. The van der Waals surface area contributed by atoms with Crippen LogP contribution in [0.15, 0.2) is 53.9 Å². The maximum absolute atomic E-state index is 13.9. The van der Waals surface area contributed by atoms with Crippen LogP contribution in [0.2, 0.25) is 0 Å². The van der Waals surface area contributed by atoms with Crippen molar-refractivity contribution in [1.29, 1.82) is 0 Å². The minimum Gasteiger partial charge on any atom is -0.322 e. The van der Waals surface area contributed by atoms with Crippen molar-refractivity contribution in [2.45, 2.75) is 11.8 Å². The van der Waals surface area contributed by atoms with E-state index in [9.17, 15) is 22.0 Å². The maximum Gasteiger partial charge on any atom is 0.255 e. The number of amides is 1. The molecule has 0 aliphatic carbocycles. The van der Waals surface area contributed by atoms with Gasteiger partial charge in [0.1, 0.15) is 16.5 Å². The first-order chi connectivity index (χ1) is 11.7. The van der Waals surface area contributed by atoms with Crippen LogP contribution in [-0.2, 0) is 10.0 Å². The number of anilines is 1. The van der Waals surface area contributed by atoms with E-state index in [0.29, 0.717) is 5.56 Å². The van der Waals surface area contributed by atoms with Gasteiger partial charge in [0.25, 0.3) is 5.91 Å². The molecule has 1 amide bonds. The molecule has 0 fully saturated rings. The average molecular weight is 366 g/mol. The van der Waals surface area contributed by atoms with Crippen LogP contribution in [0.5, 0.6) is 0 Å². The molecule has 2 aromatic rings. The molecule has 0 bridgehead atoms. The third-order valence-electron chi connectivity index (χ3n) is 3.33. The van der Waals surface area contributed by atoms with Gasteiger partial charge >= 0.3 is 0 Å². The first-order valence-corrected chi connectivity index (χ1v) is 8.70. The molecule has 2 aromatic carbocycles. The van der Waals surface area contributed by atoms with Crippen LogP contribution in [0, 0.1) is 18.6 Å². The van der Waals surface area contributed by atoms with E-state index >= 15 is 0 Å². The van der Waals surface area contributed by atoms with Crippen LogP contribution in [0.25, 0.3) is 0 Å². The molecule has 0 aromatic heterocycles. The van der Waals surface area contributed by atoms with Crippen molar-refractivity contribution in [2.75, 3.05) is 11.9 Å². The van der Waals surface area contributed by atoms with Gasteiger partial charge in [-0.15, -0.1) is 6.58 Å². The first kappa shape index (κ1) is 18.8. The van der Waals surface area contributed by atoms with Gasteiger partial charge in [0, 0.05) is 17.8 Å². The Kier molecular flexibility index (Phi) is 5.66. The number of hydrogen-bond acceptors (Lipinski definition) is 3. The van der Waals surface area contributed by atoms with E-state index in [-0.39, 0.29) is 17.8 Å². The number of carbonyl (C=O) groups excluding carboxylic acids is 1. The number of halogens is 2. The summed E-state index contributed by atoms with van der Waals surface area (Å²) in [6.07, 6.45) is 1.30. The zero-order valence-electron chi connectivity index (χ0n) is 13.3. The first-order valence-electron chi connectivity index (χ1n) is 7.22. The summed E-state index contributed by atoms with van der Waals surface area (Å²) >= 11 is 0. The SMILES string of the molecule is C=CCNS(=O)(=O)c1cc(C(=O)Nc2ccc(C)c(F)c2)ccc1F. The predicted octanol–water partition coefficient (Wildman–Crippen LogP) is 2.99. The van der Waals surface area contributed by atoms with Crippen molar-refractivity contribution in [3.63, 3.8) is 0 Å². The summed E-state index contributed by atoms with van der Waals surface area (Å²) < 4.78 is 53.6.